The van der Waals surface area contributed by atoms with Gasteiger partial charge in [-0.15, -0.1) is 0 Å². The van der Waals surface area contributed by atoms with Crippen molar-refractivity contribution >= 4 is 0 Å². The highest BCUT2D eigenvalue weighted by Crippen LogP contribution is 2.31. The summed E-state index contributed by atoms with van der Waals surface area (Å²) in [6.45, 7) is 1.70. The highest BCUT2D eigenvalue weighted by Gasteiger charge is 2.23. The van der Waals surface area contributed by atoms with Crippen molar-refractivity contribution in [1.29, 1.82) is 0 Å². The maximum atomic E-state index is 14.2. The Balaban J connectivity index is 2.56. The number of methoxy groups -OCH3 is 1. The molecular weight excluding hydrogens is 279 g/mol. The predicted molar refractivity (Wildman–Crippen MR) is 74.9 cm³/mol. The molecule has 1 atom stereocenters. The lowest BCUT2D eigenvalue weighted by molar-refractivity contribution is 0.403. The number of hydrogen-bond acceptors (Lipinski definition) is 2. The molecule has 112 valence electrons. The maximum absolute atomic E-state index is 14.2. The van der Waals surface area contributed by atoms with E-state index in [9.17, 15) is 13.2 Å². The first-order valence-corrected chi connectivity index (χ1v) is 6.44. The number of ether oxygens (including phenoxy) is 1. The standard InChI is InChI=1S/C16H16F3NO/c1-9-6-10(17)4-5-12(9)16(20-2)15-13(18)7-11(21-3)8-14(15)19/h4-8,16,20H,1-3H3. The van der Waals surface area contributed by atoms with Crippen LogP contribution in [0.2, 0.25) is 0 Å². The third-order valence-electron chi connectivity index (χ3n) is 3.41. The van der Waals surface area contributed by atoms with Crippen LogP contribution in [0.1, 0.15) is 22.7 Å². The predicted octanol–water partition coefficient (Wildman–Crippen LogP) is 3.73. The molecule has 0 fully saturated rings. The highest BCUT2D eigenvalue weighted by atomic mass is 19.1. The number of nitrogens with one attached hydrogen (secondary N) is 1. The van der Waals surface area contributed by atoms with Crippen molar-refractivity contribution in [2.75, 3.05) is 14.2 Å². The minimum absolute atomic E-state index is 0.111. The quantitative estimate of drug-likeness (QED) is 0.928. The number of hydrogen-bond donors (Lipinski definition) is 1. The molecule has 2 aromatic rings. The van der Waals surface area contributed by atoms with Crippen molar-refractivity contribution in [1.82, 2.24) is 5.32 Å². The molecule has 0 aliphatic carbocycles. The Hall–Kier alpha value is -2.01. The Labute approximate surface area is 121 Å². The van der Waals surface area contributed by atoms with Gasteiger partial charge >= 0.3 is 0 Å². The smallest absolute Gasteiger partial charge is 0.134 e. The molecule has 1 N–H and O–H groups in total. The van der Waals surface area contributed by atoms with Crippen molar-refractivity contribution in [2.24, 2.45) is 0 Å². The number of benzene rings is 2. The second-order valence-corrected chi connectivity index (χ2v) is 4.73. The van der Waals surface area contributed by atoms with E-state index in [1.807, 2.05) is 0 Å². The van der Waals surface area contributed by atoms with E-state index >= 15 is 0 Å². The van der Waals surface area contributed by atoms with Crippen molar-refractivity contribution in [3.63, 3.8) is 0 Å². The van der Waals surface area contributed by atoms with E-state index in [0.717, 1.165) is 12.1 Å². The van der Waals surface area contributed by atoms with Crippen LogP contribution in [-0.4, -0.2) is 14.2 Å². The lowest BCUT2D eigenvalue weighted by Gasteiger charge is -2.21. The fourth-order valence-corrected chi connectivity index (χ4v) is 2.37. The minimum Gasteiger partial charge on any atom is -0.497 e. The lowest BCUT2D eigenvalue weighted by Crippen LogP contribution is -2.21. The SMILES string of the molecule is CNC(c1ccc(F)cc1C)c1c(F)cc(OC)cc1F. The molecule has 0 bridgehead atoms. The van der Waals surface area contributed by atoms with Crippen molar-refractivity contribution in [2.45, 2.75) is 13.0 Å². The molecule has 5 heteroatoms. The summed E-state index contributed by atoms with van der Waals surface area (Å²) in [6.07, 6.45) is 0. The van der Waals surface area contributed by atoms with E-state index in [4.69, 9.17) is 4.74 Å². The van der Waals surface area contributed by atoms with Crippen molar-refractivity contribution in [3.8, 4) is 5.75 Å². The van der Waals surface area contributed by atoms with E-state index in [1.165, 1.54) is 25.3 Å². The average molecular weight is 295 g/mol. The molecule has 2 rings (SSSR count). The van der Waals surface area contributed by atoms with Gasteiger partial charge in [0.25, 0.3) is 0 Å². The summed E-state index contributed by atoms with van der Waals surface area (Å²) >= 11 is 0. The van der Waals surface area contributed by atoms with Gasteiger partial charge in [-0.05, 0) is 37.2 Å². The van der Waals surface area contributed by atoms with Gasteiger partial charge in [-0.1, -0.05) is 6.07 Å². The number of halogens is 3. The van der Waals surface area contributed by atoms with Gasteiger partial charge in [-0.25, -0.2) is 13.2 Å². The summed E-state index contributed by atoms with van der Waals surface area (Å²) in [5.74, 6) is -1.70. The molecule has 21 heavy (non-hydrogen) atoms. The zero-order chi connectivity index (χ0) is 15.6. The van der Waals surface area contributed by atoms with Gasteiger partial charge in [0.2, 0.25) is 0 Å². The van der Waals surface area contributed by atoms with Crippen LogP contribution in [0.3, 0.4) is 0 Å². The Morgan fingerprint density at radius 2 is 1.67 bits per heavy atom. The lowest BCUT2D eigenvalue weighted by atomic mass is 9.94. The molecule has 0 saturated carbocycles. The van der Waals surface area contributed by atoms with E-state index in [1.54, 1.807) is 14.0 Å². The van der Waals surface area contributed by atoms with Gasteiger partial charge < -0.3 is 10.1 Å². The fourth-order valence-electron chi connectivity index (χ4n) is 2.37. The van der Waals surface area contributed by atoms with Crippen LogP contribution in [0.4, 0.5) is 13.2 Å². The zero-order valence-electron chi connectivity index (χ0n) is 12.0. The van der Waals surface area contributed by atoms with Crippen LogP contribution in [0.25, 0.3) is 0 Å². The van der Waals surface area contributed by atoms with Crippen molar-refractivity contribution < 1.29 is 17.9 Å². The topological polar surface area (TPSA) is 21.3 Å². The molecule has 2 nitrogen and oxygen atoms in total. The van der Waals surface area contributed by atoms with E-state index in [0.29, 0.717) is 11.1 Å². The van der Waals surface area contributed by atoms with E-state index < -0.39 is 17.7 Å². The van der Waals surface area contributed by atoms with Crippen LogP contribution in [0.5, 0.6) is 5.75 Å². The largest absolute Gasteiger partial charge is 0.497 e. The van der Waals surface area contributed by atoms with Crippen LogP contribution in [0.15, 0.2) is 30.3 Å². The van der Waals surface area contributed by atoms with Crippen LogP contribution >= 0.6 is 0 Å². The Kier molecular flexibility index (Phi) is 4.53. The molecule has 0 aliphatic heterocycles. The molecular formula is C16H16F3NO. The maximum Gasteiger partial charge on any atom is 0.134 e. The van der Waals surface area contributed by atoms with E-state index in [2.05, 4.69) is 5.32 Å². The first-order chi connectivity index (χ1) is 9.97. The Bertz CT molecular complexity index is 635. The second kappa shape index (κ2) is 6.18. The highest BCUT2D eigenvalue weighted by molar-refractivity contribution is 5.40. The Morgan fingerprint density at radius 3 is 2.14 bits per heavy atom. The summed E-state index contributed by atoms with van der Waals surface area (Å²) in [4.78, 5) is 0. The van der Waals surface area contributed by atoms with Gasteiger partial charge in [-0.3, -0.25) is 0 Å². The van der Waals surface area contributed by atoms with Gasteiger partial charge in [0.05, 0.1) is 13.2 Å². The van der Waals surface area contributed by atoms with Gasteiger partial charge in [0, 0.05) is 17.7 Å². The molecule has 0 amide bonds. The summed E-state index contributed by atoms with van der Waals surface area (Å²) in [5, 5.41) is 2.87. The number of rotatable bonds is 4. The monoisotopic (exact) mass is 295 g/mol. The molecule has 0 radical (unpaired) electrons. The average Bonchev–Trinajstić information content (AvgIpc) is 2.43. The van der Waals surface area contributed by atoms with Crippen molar-refractivity contribution in [3.05, 3.63) is 64.5 Å². The minimum atomic E-state index is -0.713. The van der Waals surface area contributed by atoms with Gasteiger partial charge in [-0.2, -0.15) is 0 Å². The first kappa shape index (κ1) is 15.4. The molecule has 2 aromatic carbocycles. The zero-order valence-corrected chi connectivity index (χ0v) is 12.0. The van der Waals surface area contributed by atoms with E-state index in [-0.39, 0.29) is 17.1 Å². The summed E-state index contributed by atoms with van der Waals surface area (Å²) in [7, 11) is 2.93. The molecule has 0 spiro atoms. The number of aryl methyl sites for hydroxylation is 1. The first-order valence-electron chi connectivity index (χ1n) is 6.44. The van der Waals surface area contributed by atoms with Crippen LogP contribution in [-0.2, 0) is 0 Å². The summed E-state index contributed by atoms with van der Waals surface area (Å²) < 4.78 is 46.4. The second-order valence-electron chi connectivity index (χ2n) is 4.73. The third-order valence-corrected chi connectivity index (χ3v) is 3.41. The molecule has 0 aliphatic rings. The molecule has 0 saturated heterocycles. The van der Waals surface area contributed by atoms with Gasteiger partial charge in [0.15, 0.2) is 0 Å². The molecule has 0 aromatic heterocycles. The third kappa shape index (κ3) is 3.03. The fraction of sp³-hybridized carbons (Fsp3) is 0.250. The molecule has 0 heterocycles. The van der Waals surface area contributed by atoms with Crippen LogP contribution < -0.4 is 10.1 Å². The molecule has 1 unspecified atom stereocenters. The Morgan fingerprint density at radius 1 is 1.05 bits per heavy atom. The summed E-state index contributed by atoms with van der Waals surface area (Å²) in [6, 6.07) is 5.67. The van der Waals surface area contributed by atoms with Crippen LogP contribution in [0, 0.1) is 24.4 Å². The van der Waals surface area contributed by atoms with Gasteiger partial charge in [0.1, 0.15) is 23.2 Å². The normalized spacial score (nSPS) is 12.3. The summed E-state index contributed by atoms with van der Waals surface area (Å²) in [5.41, 5.74) is 1.11.